The van der Waals surface area contributed by atoms with Crippen molar-refractivity contribution in [2.24, 2.45) is 5.11 Å². The Morgan fingerprint density at radius 3 is 2.67 bits per heavy atom. The minimum absolute atomic E-state index is 0.145. The number of aliphatic hydroxyl groups excluding tert-OH is 2. The molecule has 15 heavy (non-hydrogen) atoms. The summed E-state index contributed by atoms with van der Waals surface area (Å²) in [6, 6.07) is 0. The van der Waals surface area contributed by atoms with Gasteiger partial charge in [0, 0.05) is 4.91 Å². The summed E-state index contributed by atoms with van der Waals surface area (Å²) in [5.74, 6) is 0. The summed E-state index contributed by atoms with van der Waals surface area (Å²) in [5, 5.41) is 23.3. The van der Waals surface area contributed by atoms with Crippen LogP contribution in [0.5, 0.6) is 0 Å². The molecule has 0 aromatic carbocycles. The Kier molecular flexibility index (Phi) is 4.05. The summed E-state index contributed by atoms with van der Waals surface area (Å²) in [6.07, 6.45) is -2.12. The van der Waals surface area contributed by atoms with E-state index >= 15 is 0 Å². The van der Waals surface area contributed by atoms with Crippen molar-refractivity contribution in [3.05, 3.63) is 26.0 Å². The molecule has 1 aromatic rings. The number of aryl methyl sites for hydroxylation is 2. The lowest BCUT2D eigenvalue weighted by Crippen LogP contribution is -2.20. The van der Waals surface area contributed by atoms with Gasteiger partial charge in [-0.15, -0.1) is 11.3 Å². The van der Waals surface area contributed by atoms with Crippen molar-refractivity contribution in [1.29, 1.82) is 0 Å². The smallest absolute Gasteiger partial charge is 0.116 e. The predicted octanol–water partition coefficient (Wildman–Crippen LogP) is 1.46. The largest absolute Gasteiger partial charge is 0.390 e. The van der Waals surface area contributed by atoms with Crippen LogP contribution in [-0.4, -0.2) is 27.8 Å². The molecule has 2 unspecified atom stereocenters. The molecule has 0 bridgehead atoms. The summed E-state index contributed by atoms with van der Waals surface area (Å²) in [4.78, 5) is 7.28. The SMILES string of the molecule is Cc1nc(C)c(C(O)C(O)CN=[N+]=[N-])s1. The van der Waals surface area contributed by atoms with Gasteiger partial charge < -0.3 is 10.2 Å². The molecule has 1 rings (SSSR count). The monoisotopic (exact) mass is 228 g/mol. The molecule has 0 spiro atoms. The topological polar surface area (TPSA) is 102 Å². The fourth-order valence-corrected chi connectivity index (χ4v) is 2.19. The minimum atomic E-state index is -1.08. The second-order valence-electron chi connectivity index (χ2n) is 3.11. The van der Waals surface area contributed by atoms with Gasteiger partial charge >= 0.3 is 0 Å². The summed E-state index contributed by atoms with van der Waals surface area (Å²) >= 11 is 1.33. The van der Waals surface area contributed by atoms with Crippen molar-refractivity contribution in [2.45, 2.75) is 26.1 Å². The van der Waals surface area contributed by atoms with Crippen molar-refractivity contribution in [3.8, 4) is 0 Å². The van der Waals surface area contributed by atoms with Crippen molar-refractivity contribution in [3.63, 3.8) is 0 Å². The molecule has 0 amide bonds. The number of thiazole rings is 1. The van der Waals surface area contributed by atoms with Gasteiger partial charge in [-0.3, -0.25) is 0 Å². The highest BCUT2D eigenvalue weighted by Gasteiger charge is 2.22. The molecule has 0 saturated carbocycles. The van der Waals surface area contributed by atoms with Crippen molar-refractivity contribution in [1.82, 2.24) is 4.98 Å². The van der Waals surface area contributed by atoms with E-state index in [1.54, 1.807) is 6.92 Å². The van der Waals surface area contributed by atoms with Gasteiger partial charge in [-0.2, -0.15) is 0 Å². The van der Waals surface area contributed by atoms with Crippen LogP contribution in [0.2, 0.25) is 0 Å². The van der Waals surface area contributed by atoms with E-state index in [0.717, 1.165) is 5.01 Å². The van der Waals surface area contributed by atoms with Crippen molar-refractivity contribution < 1.29 is 10.2 Å². The van der Waals surface area contributed by atoms with Gasteiger partial charge in [-0.1, -0.05) is 5.11 Å². The van der Waals surface area contributed by atoms with Gasteiger partial charge in [0.1, 0.15) is 6.10 Å². The number of nitrogens with zero attached hydrogens (tertiary/aromatic N) is 4. The van der Waals surface area contributed by atoms with Crippen LogP contribution in [0, 0.1) is 13.8 Å². The lowest BCUT2D eigenvalue weighted by atomic mass is 10.1. The molecular weight excluding hydrogens is 216 g/mol. The Bertz CT molecular complexity index is 386. The van der Waals surface area contributed by atoms with Gasteiger partial charge in [-0.25, -0.2) is 4.98 Å². The molecule has 0 saturated heterocycles. The molecule has 0 aliphatic carbocycles. The molecule has 2 atom stereocenters. The Morgan fingerprint density at radius 1 is 1.53 bits per heavy atom. The van der Waals surface area contributed by atoms with Crippen molar-refractivity contribution in [2.75, 3.05) is 6.54 Å². The van der Waals surface area contributed by atoms with Crippen LogP contribution in [0.3, 0.4) is 0 Å². The number of rotatable bonds is 4. The third-order valence-electron chi connectivity index (χ3n) is 1.90. The average Bonchev–Trinajstić information content (AvgIpc) is 2.53. The Labute approximate surface area is 90.8 Å². The molecule has 1 aromatic heterocycles. The second kappa shape index (κ2) is 5.09. The molecule has 7 heteroatoms. The van der Waals surface area contributed by atoms with Crippen LogP contribution < -0.4 is 0 Å². The van der Waals surface area contributed by atoms with Crippen LogP contribution in [0.4, 0.5) is 0 Å². The number of aliphatic hydroxyl groups is 2. The zero-order valence-electron chi connectivity index (χ0n) is 8.45. The molecule has 0 fully saturated rings. The van der Waals surface area contributed by atoms with Gasteiger partial charge in [0.05, 0.1) is 28.2 Å². The predicted molar refractivity (Wildman–Crippen MR) is 56.6 cm³/mol. The number of aromatic nitrogens is 1. The first kappa shape index (κ1) is 11.9. The summed E-state index contributed by atoms with van der Waals surface area (Å²) in [5.41, 5.74) is 8.78. The molecule has 0 radical (unpaired) electrons. The van der Waals surface area contributed by atoms with Crippen LogP contribution in [0.25, 0.3) is 10.4 Å². The van der Waals surface area contributed by atoms with Crippen LogP contribution in [0.1, 0.15) is 21.7 Å². The highest BCUT2D eigenvalue weighted by Crippen LogP contribution is 2.27. The maximum atomic E-state index is 9.75. The van der Waals surface area contributed by atoms with Crippen LogP contribution in [0.15, 0.2) is 5.11 Å². The Hall–Kier alpha value is -1.14. The number of hydrogen-bond acceptors (Lipinski definition) is 5. The lowest BCUT2D eigenvalue weighted by molar-refractivity contribution is 0.0261. The van der Waals surface area contributed by atoms with E-state index in [0.29, 0.717) is 10.6 Å². The zero-order valence-corrected chi connectivity index (χ0v) is 9.27. The Morgan fingerprint density at radius 2 is 2.20 bits per heavy atom. The average molecular weight is 228 g/mol. The van der Waals surface area contributed by atoms with Gasteiger partial charge in [0.2, 0.25) is 0 Å². The molecule has 6 nitrogen and oxygen atoms in total. The third-order valence-corrected chi connectivity index (χ3v) is 3.05. The summed E-state index contributed by atoms with van der Waals surface area (Å²) < 4.78 is 0. The van der Waals surface area contributed by atoms with E-state index in [4.69, 9.17) is 5.53 Å². The van der Waals surface area contributed by atoms with E-state index in [1.165, 1.54) is 11.3 Å². The fourth-order valence-electron chi connectivity index (χ4n) is 1.22. The fraction of sp³-hybridized carbons (Fsp3) is 0.625. The lowest BCUT2D eigenvalue weighted by Gasteiger charge is -2.14. The normalized spacial score (nSPS) is 14.4. The third kappa shape index (κ3) is 2.90. The standard InChI is InChI=1S/C8H12N4O2S/c1-4-8(15-5(2)11-4)7(14)6(13)3-10-12-9/h6-7,13-14H,3H2,1-2H3. The molecular formula is C8H12N4O2S. The van der Waals surface area contributed by atoms with Gasteiger partial charge in [-0.05, 0) is 19.4 Å². The minimum Gasteiger partial charge on any atom is -0.390 e. The molecule has 82 valence electrons. The molecule has 0 aliphatic heterocycles. The number of hydrogen-bond donors (Lipinski definition) is 2. The van der Waals surface area contributed by atoms with E-state index in [9.17, 15) is 10.2 Å². The maximum absolute atomic E-state index is 9.75. The van der Waals surface area contributed by atoms with E-state index < -0.39 is 12.2 Å². The summed E-state index contributed by atoms with van der Waals surface area (Å²) in [7, 11) is 0. The molecule has 0 aliphatic rings. The molecule has 1 heterocycles. The first-order chi connectivity index (χ1) is 7.06. The van der Waals surface area contributed by atoms with E-state index in [1.807, 2.05) is 6.92 Å². The van der Waals surface area contributed by atoms with Gasteiger partial charge in [0.15, 0.2) is 0 Å². The van der Waals surface area contributed by atoms with E-state index in [2.05, 4.69) is 15.0 Å². The Balaban J connectivity index is 2.79. The second-order valence-corrected chi connectivity index (χ2v) is 4.34. The first-order valence-electron chi connectivity index (χ1n) is 4.37. The van der Waals surface area contributed by atoms with Crippen LogP contribution in [-0.2, 0) is 0 Å². The summed E-state index contributed by atoms with van der Waals surface area (Å²) in [6.45, 7) is 3.45. The molecule has 2 N–H and O–H groups in total. The highest BCUT2D eigenvalue weighted by atomic mass is 32.1. The van der Waals surface area contributed by atoms with Crippen LogP contribution >= 0.6 is 11.3 Å². The van der Waals surface area contributed by atoms with Crippen molar-refractivity contribution >= 4 is 11.3 Å². The number of azide groups is 1. The quantitative estimate of drug-likeness (QED) is 0.463. The zero-order chi connectivity index (χ0) is 11.4. The first-order valence-corrected chi connectivity index (χ1v) is 5.18. The maximum Gasteiger partial charge on any atom is 0.116 e. The van der Waals surface area contributed by atoms with Gasteiger partial charge in [0.25, 0.3) is 0 Å². The highest BCUT2D eigenvalue weighted by molar-refractivity contribution is 7.11. The van der Waals surface area contributed by atoms with E-state index in [-0.39, 0.29) is 6.54 Å².